The van der Waals surface area contributed by atoms with Crippen molar-refractivity contribution < 1.29 is 4.79 Å². The van der Waals surface area contributed by atoms with Crippen molar-refractivity contribution in [2.24, 2.45) is 5.73 Å². The smallest absolute Gasteiger partial charge is 0.267 e. The average Bonchev–Trinajstić information content (AvgIpc) is 2.30. The molecule has 0 fully saturated rings. The zero-order chi connectivity index (χ0) is 10.7. The summed E-state index contributed by atoms with van der Waals surface area (Å²) in [6, 6.07) is 7.21. The Morgan fingerprint density at radius 3 is 2.40 bits per heavy atom. The van der Waals surface area contributed by atoms with E-state index in [2.05, 4.69) is 9.97 Å². The highest BCUT2D eigenvalue weighted by molar-refractivity contribution is 5.92. The van der Waals surface area contributed by atoms with E-state index in [1.807, 2.05) is 18.2 Å². The van der Waals surface area contributed by atoms with Crippen LogP contribution in [0, 0.1) is 0 Å². The number of nitrogens with zero attached hydrogens (tertiary/aromatic N) is 2. The SMILES string of the molecule is NC(=O)c1cc(-c2ccncc2)ccn1. The van der Waals surface area contributed by atoms with Gasteiger partial charge in [0, 0.05) is 18.6 Å². The summed E-state index contributed by atoms with van der Waals surface area (Å²) in [5.74, 6) is -0.522. The van der Waals surface area contributed by atoms with E-state index in [0.29, 0.717) is 0 Å². The van der Waals surface area contributed by atoms with E-state index in [-0.39, 0.29) is 5.69 Å². The monoisotopic (exact) mass is 199 g/mol. The molecule has 0 saturated carbocycles. The molecule has 0 aliphatic carbocycles. The Morgan fingerprint density at radius 2 is 1.73 bits per heavy atom. The lowest BCUT2D eigenvalue weighted by atomic mass is 10.1. The van der Waals surface area contributed by atoms with Crippen molar-refractivity contribution in [3.8, 4) is 11.1 Å². The fourth-order valence-corrected chi connectivity index (χ4v) is 1.29. The quantitative estimate of drug-likeness (QED) is 0.791. The van der Waals surface area contributed by atoms with Gasteiger partial charge in [0.25, 0.3) is 5.91 Å². The Balaban J connectivity index is 2.46. The molecule has 2 rings (SSSR count). The van der Waals surface area contributed by atoms with Gasteiger partial charge in [-0.1, -0.05) is 0 Å². The van der Waals surface area contributed by atoms with E-state index >= 15 is 0 Å². The fourth-order valence-electron chi connectivity index (χ4n) is 1.29. The molecule has 0 atom stereocenters. The molecule has 0 unspecified atom stereocenters. The molecule has 2 aromatic heterocycles. The number of rotatable bonds is 2. The molecule has 4 nitrogen and oxygen atoms in total. The van der Waals surface area contributed by atoms with Crippen molar-refractivity contribution in [1.29, 1.82) is 0 Å². The molecule has 0 bridgehead atoms. The molecular weight excluding hydrogens is 190 g/mol. The lowest BCUT2D eigenvalue weighted by Gasteiger charge is -2.01. The molecule has 0 aliphatic heterocycles. The normalized spacial score (nSPS) is 9.87. The van der Waals surface area contributed by atoms with Gasteiger partial charge in [-0.25, -0.2) is 0 Å². The minimum absolute atomic E-state index is 0.268. The van der Waals surface area contributed by atoms with Gasteiger partial charge in [-0.15, -0.1) is 0 Å². The Hall–Kier alpha value is -2.23. The summed E-state index contributed by atoms with van der Waals surface area (Å²) < 4.78 is 0. The Morgan fingerprint density at radius 1 is 1.07 bits per heavy atom. The average molecular weight is 199 g/mol. The molecule has 2 aromatic rings. The van der Waals surface area contributed by atoms with Crippen molar-refractivity contribution in [3.63, 3.8) is 0 Å². The number of aromatic nitrogens is 2. The lowest BCUT2D eigenvalue weighted by Crippen LogP contribution is -2.12. The van der Waals surface area contributed by atoms with Crippen molar-refractivity contribution in [2.45, 2.75) is 0 Å². The van der Waals surface area contributed by atoms with Crippen LogP contribution in [-0.4, -0.2) is 15.9 Å². The van der Waals surface area contributed by atoms with Crippen LogP contribution >= 0.6 is 0 Å². The number of carbonyl (C=O) groups is 1. The standard InChI is InChI=1S/C11H9N3O/c12-11(15)10-7-9(3-6-14-10)8-1-4-13-5-2-8/h1-7H,(H2,12,15). The van der Waals surface area contributed by atoms with Gasteiger partial charge in [0.2, 0.25) is 0 Å². The predicted molar refractivity (Wildman–Crippen MR) is 56.0 cm³/mol. The molecule has 15 heavy (non-hydrogen) atoms. The largest absolute Gasteiger partial charge is 0.364 e. The van der Waals surface area contributed by atoms with E-state index in [4.69, 9.17) is 5.73 Å². The number of hydrogen-bond donors (Lipinski definition) is 1. The highest BCUT2D eigenvalue weighted by atomic mass is 16.1. The Labute approximate surface area is 86.8 Å². The van der Waals surface area contributed by atoms with Crippen molar-refractivity contribution >= 4 is 5.91 Å². The number of nitrogens with two attached hydrogens (primary N) is 1. The lowest BCUT2D eigenvalue weighted by molar-refractivity contribution is 0.0995. The van der Waals surface area contributed by atoms with Crippen molar-refractivity contribution in [1.82, 2.24) is 9.97 Å². The second kappa shape index (κ2) is 3.88. The summed E-state index contributed by atoms with van der Waals surface area (Å²) in [5.41, 5.74) is 7.30. The van der Waals surface area contributed by atoms with Crippen molar-refractivity contribution in [3.05, 3.63) is 48.5 Å². The summed E-state index contributed by atoms with van der Waals surface area (Å²) in [7, 11) is 0. The Bertz CT molecular complexity index is 482. The highest BCUT2D eigenvalue weighted by Crippen LogP contribution is 2.17. The van der Waals surface area contributed by atoms with Gasteiger partial charge in [-0.05, 0) is 35.4 Å². The predicted octanol–water partition coefficient (Wildman–Crippen LogP) is 1.24. The number of pyridine rings is 2. The minimum Gasteiger partial charge on any atom is -0.364 e. The van der Waals surface area contributed by atoms with Crippen LogP contribution in [0.1, 0.15) is 10.5 Å². The van der Waals surface area contributed by atoms with E-state index in [1.165, 1.54) is 0 Å². The van der Waals surface area contributed by atoms with Crippen LogP contribution in [0.2, 0.25) is 0 Å². The van der Waals surface area contributed by atoms with Crippen LogP contribution in [0.15, 0.2) is 42.9 Å². The van der Waals surface area contributed by atoms with Crippen LogP contribution in [-0.2, 0) is 0 Å². The molecule has 0 radical (unpaired) electrons. The van der Waals surface area contributed by atoms with Crippen molar-refractivity contribution in [2.75, 3.05) is 0 Å². The molecule has 1 amide bonds. The van der Waals surface area contributed by atoms with Crippen LogP contribution in [0.3, 0.4) is 0 Å². The third kappa shape index (κ3) is 1.99. The minimum atomic E-state index is -0.522. The number of hydrogen-bond acceptors (Lipinski definition) is 3. The van der Waals surface area contributed by atoms with Crippen LogP contribution < -0.4 is 5.73 Å². The van der Waals surface area contributed by atoms with Gasteiger partial charge in [-0.3, -0.25) is 14.8 Å². The zero-order valence-corrected chi connectivity index (χ0v) is 7.92. The molecule has 4 heteroatoms. The number of carbonyl (C=O) groups excluding carboxylic acids is 1. The summed E-state index contributed by atoms with van der Waals surface area (Å²) in [6.07, 6.45) is 4.95. The summed E-state index contributed by atoms with van der Waals surface area (Å²) in [6.45, 7) is 0. The van der Waals surface area contributed by atoms with Gasteiger partial charge in [0.05, 0.1) is 0 Å². The molecule has 0 aliphatic rings. The van der Waals surface area contributed by atoms with E-state index in [0.717, 1.165) is 11.1 Å². The van der Waals surface area contributed by atoms with Crippen LogP contribution in [0.25, 0.3) is 11.1 Å². The first-order chi connectivity index (χ1) is 7.27. The first-order valence-electron chi connectivity index (χ1n) is 4.43. The number of amides is 1. The van der Waals surface area contributed by atoms with Gasteiger partial charge < -0.3 is 5.73 Å². The molecule has 2 N–H and O–H groups in total. The van der Waals surface area contributed by atoms with Gasteiger partial charge in [0.1, 0.15) is 5.69 Å². The van der Waals surface area contributed by atoms with E-state index in [9.17, 15) is 4.79 Å². The third-order valence-corrected chi connectivity index (χ3v) is 2.03. The molecule has 2 heterocycles. The zero-order valence-electron chi connectivity index (χ0n) is 7.92. The van der Waals surface area contributed by atoms with Gasteiger partial charge in [0.15, 0.2) is 0 Å². The molecule has 0 saturated heterocycles. The van der Waals surface area contributed by atoms with Crippen LogP contribution in [0.5, 0.6) is 0 Å². The molecule has 0 aromatic carbocycles. The molecular formula is C11H9N3O. The van der Waals surface area contributed by atoms with E-state index in [1.54, 1.807) is 24.7 Å². The fraction of sp³-hybridized carbons (Fsp3) is 0. The highest BCUT2D eigenvalue weighted by Gasteiger charge is 2.03. The molecule has 74 valence electrons. The number of primary amides is 1. The topological polar surface area (TPSA) is 68.9 Å². The second-order valence-electron chi connectivity index (χ2n) is 3.03. The summed E-state index contributed by atoms with van der Waals surface area (Å²) >= 11 is 0. The first kappa shape index (κ1) is 9.33. The Kier molecular flexibility index (Phi) is 2.41. The maximum atomic E-state index is 10.9. The first-order valence-corrected chi connectivity index (χ1v) is 4.43. The second-order valence-corrected chi connectivity index (χ2v) is 3.03. The maximum Gasteiger partial charge on any atom is 0.267 e. The molecule has 0 spiro atoms. The third-order valence-electron chi connectivity index (χ3n) is 2.03. The van der Waals surface area contributed by atoms with E-state index < -0.39 is 5.91 Å². The maximum absolute atomic E-state index is 10.9. The van der Waals surface area contributed by atoms with Gasteiger partial charge >= 0.3 is 0 Å². The van der Waals surface area contributed by atoms with Gasteiger partial charge in [-0.2, -0.15) is 0 Å². The summed E-state index contributed by atoms with van der Waals surface area (Å²) in [5, 5.41) is 0. The van der Waals surface area contributed by atoms with Crippen LogP contribution in [0.4, 0.5) is 0 Å². The summed E-state index contributed by atoms with van der Waals surface area (Å²) in [4.78, 5) is 18.7.